The van der Waals surface area contributed by atoms with Crippen molar-refractivity contribution in [3.8, 4) is 0 Å². The van der Waals surface area contributed by atoms with Crippen molar-refractivity contribution in [2.75, 3.05) is 13.1 Å². The van der Waals surface area contributed by atoms with Gasteiger partial charge < -0.3 is 15.7 Å². The molecule has 4 heteroatoms. The highest BCUT2D eigenvalue weighted by molar-refractivity contribution is 5.81. The highest BCUT2D eigenvalue weighted by Crippen LogP contribution is 2.21. The number of carbonyl (C=O) groups excluding carboxylic acids is 1. The maximum atomic E-state index is 11.5. The minimum absolute atomic E-state index is 0.148. The van der Waals surface area contributed by atoms with Crippen LogP contribution in [-0.2, 0) is 4.79 Å². The largest absolute Gasteiger partial charge is 0.383 e. The highest BCUT2D eigenvalue weighted by atomic mass is 16.3. The Morgan fingerprint density at radius 1 is 1.29 bits per heavy atom. The zero-order valence-electron chi connectivity index (χ0n) is 8.33. The Morgan fingerprint density at radius 3 is 2.50 bits per heavy atom. The van der Waals surface area contributed by atoms with Gasteiger partial charge in [0.05, 0.1) is 0 Å². The van der Waals surface area contributed by atoms with E-state index in [0.717, 1.165) is 38.8 Å². The maximum Gasteiger partial charge on any atom is 0.249 e. The molecule has 1 atom stereocenters. The van der Waals surface area contributed by atoms with E-state index in [1.165, 1.54) is 0 Å². The minimum atomic E-state index is -0.794. The molecule has 1 aliphatic heterocycles. The number of nitrogens with one attached hydrogen (secondary N) is 2. The Labute approximate surface area is 84.1 Å². The number of aliphatic hydroxyl groups is 1. The summed E-state index contributed by atoms with van der Waals surface area (Å²) in [6.07, 6.45) is 3.16. The number of rotatable bonds is 3. The summed E-state index contributed by atoms with van der Waals surface area (Å²) in [6, 6.07) is 0.346. The fraction of sp³-hybridized carbons (Fsp3) is 0.900. The number of hydrogen-bond donors (Lipinski definition) is 3. The summed E-state index contributed by atoms with van der Waals surface area (Å²) in [5, 5.41) is 15.8. The van der Waals surface area contributed by atoms with E-state index in [4.69, 9.17) is 0 Å². The second-order valence-corrected chi connectivity index (χ2v) is 4.32. The molecule has 14 heavy (non-hydrogen) atoms. The van der Waals surface area contributed by atoms with E-state index in [0.29, 0.717) is 6.04 Å². The quantitative estimate of drug-likeness (QED) is 0.579. The molecule has 0 spiro atoms. The van der Waals surface area contributed by atoms with E-state index in [2.05, 4.69) is 10.6 Å². The van der Waals surface area contributed by atoms with Crippen molar-refractivity contribution < 1.29 is 9.90 Å². The molecule has 3 N–H and O–H groups in total. The molecule has 0 aromatic rings. The summed E-state index contributed by atoms with van der Waals surface area (Å²) in [5.41, 5.74) is 0. The molecule has 1 aliphatic carbocycles. The van der Waals surface area contributed by atoms with Crippen molar-refractivity contribution in [2.24, 2.45) is 5.92 Å². The molecule has 4 nitrogen and oxygen atoms in total. The van der Waals surface area contributed by atoms with Crippen LogP contribution in [0.15, 0.2) is 0 Å². The van der Waals surface area contributed by atoms with Crippen LogP contribution in [0.3, 0.4) is 0 Å². The first-order valence-corrected chi connectivity index (χ1v) is 5.46. The zero-order valence-corrected chi connectivity index (χ0v) is 8.33. The van der Waals surface area contributed by atoms with Crippen LogP contribution in [0.2, 0.25) is 0 Å². The van der Waals surface area contributed by atoms with Crippen molar-refractivity contribution in [1.29, 1.82) is 0 Å². The number of amides is 1. The van der Waals surface area contributed by atoms with Crippen LogP contribution in [0, 0.1) is 5.92 Å². The molecule has 0 unspecified atom stereocenters. The summed E-state index contributed by atoms with van der Waals surface area (Å²) in [6.45, 7) is 1.83. The Bertz CT molecular complexity index is 210. The van der Waals surface area contributed by atoms with Gasteiger partial charge in [0, 0.05) is 6.04 Å². The molecule has 0 aromatic carbocycles. The first-order valence-electron chi connectivity index (χ1n) is 5.46. The third-order valence-electron chi connectivity index (χ3n) is 3.02. The molecule has 80 valence electrons. The second kappa shape index (κ2) is 4.28. The van der Waals surface area contributed by atoms with E-state index >= 15 is 0 Å². The van der Waals surface area contributed by atoms with Crippen molar-refractivity contribution in [2.45, 2.75) is 37.8 Å². The maximum absolute atomic E-state index is 11.5. The van der Waals surface area contributed by atoms with E-state index in [1.54, 1.807) is 0 Å². The lowest BCUT2D eigenvalue weighted by Gasteiger charge is -2.26. The average Bonchev–Trinajstić information content (AvgIpc) is 3.02. The molecule has 1 heterocycles. The summed E-state index contributed by atoms with van der Waals surface area (Å²) in [7, 11) is 0. The molecule has 0 aromatic heterocycles. The molecule has 2 fully saturated rings. The van der Waals surface area contributed by atoms with Crippen LogP contribution < -0.4 is 10.6 Å². The predicted molar refractivity (Wildman–Crippen MR) is 52.8 cm³/mol. The first-order chi connectivity index (χ1) is 6.77. The van der Waals surface area contributed by atoms with Gasteiger partial charge in [0.1, 0.15) is 6.10 Å². The molecular formula is C10H18N2O2. The van der Waals surface area contributed by atoms with Crippen LogP contribution in [0.4, 0.5) is 0 Å². The van der Waals surface area contributed by atoms with Gasteiger partial charge in [-0.05, 0) is 44.7 Å². The van der Waals surface area contributed by atoms with Gasteiger partial charge in [-0.2, -0.15) is 0 Å². The lowest BCUT2D eigenvalue weighted by atomic mass is 9.92. The van der Waals surface area contributed by atoms with E-state index in [9.17, 15) is 9.90 Å². The second-order valence-electron chi connectivity index (χ2n) is 4.32. The third-order valence-corrected chi connectivity index (χ3v) is 3.02. The van der Waals surface area contributed by atoms with Gasteiger partial charge in [-0.3, -0.25) is 4.79 Å². The Kier molecular flexibility index (Phi) is 3.03. The molecule has 0 radical (unpaired) electrons. The Morgan fingerprint density at radius 2 is 1.93 bits per heavy atom. The van der Waals surface area contributed by atoms with Gasteiger partial charge in [0.2, 0.25) is 5.91 Å². The fourth-order valence-corrected chi connectivity index (χ4v) is 1.89. The molecule has 1 amide bonds. The summed E-state index contributed by atoms with van der Waals surface area (Å²) in [5.74, 6) is -0.0191. The van der Waals surface area contributed by atoms with Crippen LogP contribution in [0.1, 0.15) is 25.7 Å². The fourth-order valence-electron chi connectivity index (χ4n) is 1.89. The van der Waals surface area contributed by atoms with E-state index in [-0.39, 0.29) is 11.8 Å². The number of hydrogen-bond acceptors (Lipinski definition) is 3. The number of aliphatic hydroxyl groups excluding tert-OH is 1. The molecular weight excluding hydrogens is 180 g/mol. The monoisotopic (exact) mass is 198 g/mol. The van der Waals surface area contributed by atoms with Gasteiger partial charge in [-0.15, -0.1) is 0 Å². The van der Waals surface area contributed by atoms with Gasteiger partial charge in [-0.25, -0.2) is 0 Å². The van der Waals surface area contributed by atoms with Crippen molar-refractivity contribution >= 4 is 5.91 Å². The van der Waals surface area contributed by atoms with Gasteiger partial charge >= 0.3 is 0 Å². The lowest BCUT2D eigenvalue weighted by molar-refractivity contribution is -0.132. The van der Waals surface area contributed by atoms with Crippen LogP contribution >= 0.6 is 0 Å². The van der Waals surface area contributed by atoms with Crippen LogP contribution in [0.5, 0.6) is 0 Å². The summed E-state index contributed by atoms with van der Waals surface area (Å²) < 4.78 is 0. The van der Waals surface area contributed by atoms with Crippen molar-refractivity contribution in [3.63, 3.8) is 0 Å². The smallest absolute Gasteiger partial charge is 0.249 e. The molecule has 1 saturated heterocycles. The molecule has 2 aliphatic rings. The summed E-state index contributed by atoms with van der Waals surface area (Å²) in [4.78, 5) is 11.5. The number of carbonyl (C=O) groups is 1. The van der Waals surface area contributed by atoms with E-state index in [1.807, 2.05) is 0 Å². The minimum Gasteiger partial charge on any atom is -0.383 e. The lowest BCUT2D eigenvalue weighted by Crippen LogP contribution is -2.44. The Hall–Kier alpha value is -0.610. The highest BCUT2D eigenvalue weighted by Gasteiger charge is 2.31. The molecule has 2 rings (SSSR count). The zero-order chi connectivity index (χ0) is 9.97. The van der Waals surface area contributed by atoms with E-state index < -0.39 is 6.10 Å². The molecule has 1 saturated carbocycles. The van der Waals surface area contributed by atoms with Gasteiger partial charge in [0.15, 0.2) is 0 Å². The third kappa shape index (κ3) is 2.45. The predicted octanol–water partition coefficient (Wildman–Crippen LogP) is -0.375. The topological polar surface area (TPSA) is 61.4 Å². The van der Waals surface area contributed by atoms with Crippen molar-refractivity contribution in [1.82, 2.24) is 10.6 Å². The van der Waals surface area contributed by atoms with Crippen LogP contribution in [0.25, 0.3) is 0 Å². The summed E-state index contributed by atoms with van der Waals surface area (Å²) >= 11 is 0. The first kappa shape index (κ1) is 9.93. The normalized spacial score (nSPS) is 25.8. The molecule has 0 bridgehead atoms. The Balaban J connectivity index is 1.78. The van der Waals surface area contributed by atoms with Crippen molar-refractivity contribution in [3.05, 3.63) is 0 Å². The average molecular weight is 198 g/mol. The van der Waals surface area contributed by atoms with Crippen LogP contribution in [-0.4, -0.2) is 36.2 Å². The number of piperidine rings is 1. The SMILES string of the molecule is O=C(NC1CC1)[C@@H](O)C1CCNCC1. The standard InChI is InChI=1S/C10H18N2O2/c13-9(7-3-5-11-6-4-7)10(14)12-8-1-2-8/h7-9,11,13H,1-6H2,(H,12,14)/t9-/m0/s1. The van der Waals surface area contributed by atoms with Gasteiger partial charge in [-0.1, -0.05) is 0 Å². The van der Waals surface area contributed by atoms with Gasteiger partial charge in [0.25, 0.3) is 0 Å².